The molecule has 2 N–H and O–H groups in total. The number of alkyl carbamates (subject to hydrolysis) is 1. The van der Waals surface area contributed by atoms with Crippen LogP contribution in [-0.4, -0.2) is 35.6 Å². The van der Waals surface area contributed by atoms with Crippen molar-refractivity contribution >= 4 is 23.8 Å². The van der Waals surface area contributed by atoms with Crippen molar-refractivity contribution < 1.29 is 32.6 Å². The minimum atomic E-state index is -4.35. The molecule has 3 rings (SSSR count). The zero-order chi connectivity index (χ0) is 21.2. The van der Waals surface area contributed by atoms with Crippen LogP contribution in [0, 0.1) is 17.3 Å². The third-order valence-corrected chi connectivity index (χ3v) is 6.85. The second-order valence-electron chi connectivity index (χ2n) is 8.11. The van der Waals surface area contributed by atoms with E-state index in [-0.39, 0.29) is 12.6 Å². The summed E-state index contributed by atoms with van der Waals surface area (Å²) in [5.74, 6) is 0.320. The van der Waals surface area contributed by atoms with E-state index in [4.69, 9.17) is 4.74 Å². The maximum atomic E-state index is 12.5. The van der Waals surface area contributed by atoms with Gasteiger partial charge in [-0.2, -0.15) is 13.2 Å². The summed E-state index contributed by atoms with van der Waals surface area (Å²) in [6.45, 7) is 1.94. The number of fused-ring (bicyclic) bond motifs is 1. The highest BCUT2D eigenvalue weighted by molar-refractivity contribution is 7.99. The van der Waals surface area contributed by atoms with Crippen LogP contribution < -0.4 is 5.32 Å². The minimum Gasteiger partial charge on any atom is -0.481 e. The first-order valence-electron chi connectivity index (χ1n) is 9.53. The van der Waals surface area contributed by atoms with Gasteiger partial charge in [0.05, 0.1) is 11.0 Å². The summed E-state index contributed by atoms with van der Waals surface area (Å²) in [5, 5.41) is 12.2. The third-order valence-electron chi connectivity index (χ3n) is 5.87. The Kier molecular flexibility index (Phi) is 6.36. The Hall–Kier alpha value is -1.90. The smallest absolute Gasteiger partial charge is 0.416 e. The number of carboxylic acids is 1. The first kappa shape index (κ1) is 21.8. The molecule has 2 fully saturated rings. The van der Waals surface area contributed by atoms with Crippen LogP contribution in [0.25, 0.3) is 0 Å². The van der Waals surface area contributed by atoms with E-state index in [1.807, 2.05) is 0 Å². The molecule has 0 bridgehead atoms. The predicted molar refractivity (Wildman–Crippen MR) is 102 cm³/mol. The molecule has 2 saturated carbocycles. The quantitative estimate of drug-likeness (QED) is 0.500. The van der Waals surface area contributed by atoms with Gasteiger partial charge in [0.25, 0.3) is 0 Å². The zero-order valence-electron chi connectivity index (χ0n) is 16.0. The summed E-state index contributed by atoms with van der Waals surface area (Å²) in [7, 11) is 0. The van der Waals surface area contributed by atoms with Crippen LogP contribution in [0.4, 0.5) is 18.0 Å². The summed E-state index contributed by atoms with van der Waals surface area (Å²) in [6, 6.07) is 4.86. The first-order valence-corrected chi connectivity index (χ1v) is 10.5. The van der Waals surface area contributed by atoms with Gasteiger partial charge in [0, 0.05) is 16.7 Å². The number of hydrogen-bond acceptors (Lipinski definition) is 4. The summed E-state index contributed by atoms with van der Waals surface area (Å²) in [5.41, 5.74) is -1.35. The molecule has 4 atom stereocenters. The van der Waals surface area contributed by atoms with Gasteiger partial charge in [-0.15, -0.1) is 11.8 Å². The number of rotatable bonds is 6. The fraction of sp³-hybridized carbons (Fsp3) is 0.600. The van der Waals surface area contributed by atoms with Crippen LogP contribution in [0.5, 0.6) is 0 Å². The maximum absolute atomic E-state index is 12.5. The highest BCUT2D eigenvalue weighted by Crippen LogP contribution is 2.52. The molecular weight excluding hydrogens is 407 g/mol. The monoisotopic (exact) mass is 431 g/mol. The average Bonchev–Trinajstić information content (AvgIpc) is 3.13. The highest BCUT2D eigenvalue weighted by Gasteiger charge is 2.51. The fourth-order valence-corrected chi connectivity index (χ4v) is 5.22. The number of carboxylic acid groups (broad SMARTS) is 1. The zero-order valence-corrected chi connectivity index (χ0v) is 16.8. The van der Waals surface area contributed by atoms with Gasteiger partial charge < -0.3 is 15.2 Å². The normalized spacial score (nSPS) is 28.8. The molecule has 9 heteroatoms. The Morgan fingerprint density at radius 1 is 1.21 bits per heavy atom. The van der Waals surface area contributed by atoms with E-state index in [1.54, 1.807) is 6.92 Å². The number of nitrogens with one attached hydrogen (secondary N) is 1. The van der Waals surface area contributed by atoms with Crippen molar-refractivity contribution in [2.75, 3.05) is 12.4 Å². The lowest BCUT2D eigenvalue weighted by Crippen LogP contribution is -2.35. The fourth-order valence-electron chi connectivity index (χ4n) is 4.49. The molecule has 5 nitrogen and oxygen atoms in total. The molecule has 2 aliphatic carbocycles. The third kappa shape index (κ3) is 5.38. The summed E-state index contributed by atoms with van der Waals surface area (Å²) < 4.78 is 42.8. The number of carbonyl (C=O) groups is 2. The van der Waals surface area contributed by atoms with Crippen molar-refractivity contribution in [3.8, 4) is 0 Å². The van der Waals surface area contributed by atoms with E-state index < -0.39 is 29.2 Å². The number of hydrogen-bond donors (Lipinski definition) is 2. The van der Waals surface area contributed by atoms with Crippen molar-refractivity contribution in [3.05, 3.63) is 29.8 Å². The lowest BCUT2D eigenvalue weighted by Gasteiger charge is -2.21. The molecule has 1 amide bonds. The molecule has 160 valence electrons. The molecule has 0 spiro atoms. The van der Waals surface area contributed by atoms with E-state index >= 15 is 0 Å². The van der Waals surface area contributed by atoms with Gasteiger partial charge in [0.15, 0.2) is 0 Å². The summed E-state index contributed by atoms with van der Waals surface area (Å²) in [4.78, 5) is 24.0. The number of alkyl halides is 3. The van der Waals surface area contributed by atoms with Gasteiger partial charge in [-0.3, -0.25) is 4.79 Å². The molecule has 0 heterocycles. The summed E-state index contributed by atoms with van der Waals surface area (Å²) in [6.07, 6.45) is -2.04. The first-order chi connectivity index (χ1) is 13.6. The van der Waals surface area contributed by atoms with Gasteiger partial charge in [-0.05, 0) is 68.7 Å². The standard InChI is InChI=1S/C20H24F3NO4S/c1-19(17(25)26)10-12-8-15(9-13(12)11-19)24-18(27)28-6-7-29-16-4-2-14(3-5-16)20(21,22)23/h2-5,12-13,15H,6-11H2,1H3,(H,24,27)(H,25,26)/t12-,13+,15?,19?. The average molecular weight is 431 g/mol. The van der Waals surface area contributed by atoms with Crippen LogP contribution in [-0.2, 0) is 15.7 Å². The second kappa shape index (κ2) is 8.45. The van der Waals surface area contributed by atoms with Crippen LogP contribution >= 0.6 is 11.8 Å². The van der Waals surface area contributed by atoms with Gasteiger partial charge in [0.1, 0.15) is 6.61 Å². The number of ether oxygens (including phenoxy) is 1. The Morgan fingerprint density at radius 2 is 1.79 bits per heavy atom. The molecule has 1 aromatic rings. The Balaban J connectivity index is 1.34. The Morgan fingerprint density at radius 3 is 2.31 bits per heavy atom. The lowest BCUT2D eigenvalue weighted by molar-refractivity contribution is -0.148. The van der Waals surface area contributed by atoms with E-state index in [2.05, 4.69) is 5.32 Å². The molecule has 29 heavy (non-hydrogen) atoms. The topological polar surface area (TPSA) is 75.6 Å². The number of aliphatic carboxylic acids is 1. The van der Waals surface area contributed by atoms with Crippen LogP contribution in [0.2, 0.25) is 0 Å². The lowest BCUT2D eigenvalue weighted by atomic mass is 9.86. The highest BCUT2D eigenvalue weighted by atomic mass is 32.2. The maximum Gasteiger partial charge on any atom is 0.416 e. The van der Waals surface area contributed by atoms with Crippen molar-refractivity contribution in [1.82, 2.24) is 5.32 Å². The molecule has 0 radical (unpaired) electrons. The van der Waals surface area contributed by atoms with Gasteiger partial charge in [0.2, 0.25) is 0 Å². The van der Waals surface area contributed by atoms with Crippen molar-refractivity contribution in [1.29, 1.82) is 0 Å². The molecule has 0 saturated heterocycles. The molecule has 1 aromatic carbocycles. The number of amides is 1. The molecule has 2 aliphatic rings. The van der Waals surface area contributed by atoms with E-state index in [9.17, 15) is 27.9 Å². The largest absolute Gasteiger partial charge is 0.481 e. The Bertz CT molecular complexity index is 739. The SMILES string of the molecule is CC1(C(=O)O)C[C@H]2CC(NC(=O)OCCSc3ccc(C(F)(F)F)cc3)C[C@H]2C1. The Labute approximate surface area is 171 Å². The van der Waals surface area contributed by atoms with E-state index in [0.717, 1.165) is 25.0 Å². The van der Waals surface area contributed by atoms with E-state index in [0.29, 0.717) is 35.3 Å². The number of halogens is 3. The molecular formula is C20H24F3NO4S. The van der Waals surface area contributed by atoms with Gasteiger partial charge >= 0.3 is 18.2 Å². The molecule has 0 aliphatic heterocycles. The van der Waals surface area contributed by atoms with Crippen molar-refractivity contribution in [2.24, 2.45) is 17.3 Å². The van der Waals surface area contributed by atoms with Crippen LogP contribution in [0.3, 0.4) is 0 Å². The van der Waals surface area contributed by atoms with Crippen LogP contribution in [0.1, 0.15) is 38.2 Å². The number of benzene rings is 1. The van der Waals surface area contributed by atoms with Crippen LogP contribution in [0.15, 0.2) is 29.2 Å². The van der Waals surface area contributed by atoms with Crippen molar-refractivity contribution in [3.63, 3.8) is 0 Å². The minimum absolute atomic E-state index is 0.00147. The summed E-state index contributed by atoms with van der Waals surface area (Å²) >= 11 is 1.31. The molecule has 2 unspecified atom stereocenters. The number of carbonyl (C=O) groups excluding carboxylic acids is 1. The van der Waals surface area contributed by atoms with Crippen molar-refractivity contribution in [2.45, 2.75) is 49.7 Å². The molecule has 0 aromatic heterocycles. The number of thioether (sulfide) groups is 1. The second-order valence-corrected chi connectivity index (χ2v) is 9.28. The predicted octanol–water partition coefficient (Wildman–Crippen LogP) is 4.80. The van der Waals surface area contributed by atoms with E-state index in [1.165, 1.54) is 23.9 Å². The van der Waals surface area contributed by atoms with Gasteiger partial charge in [-0.25, -0.2) is 4.79 Å². The van der Waals surface area contributed by atoms with Gasteiger partial charge in [-0.1, -0.05) is 0 Å².